The molecule has 0 amide bonds. The van der Waals surface area contributed by atoms with Crippen LogP contribution in [-0.4, -0.2) is 40.9 Å². The van der Waals surface area contributed by atoms with E-state index in [0.717, 1.165) is 4.88 Å². The van der Waals surface area contributed by atoms with E-state index in [4.69, 9.17) is 20.8 Å². The van der Waals surface area contributed by atoms with Gasteiger partial charge < -0.3 is 14.3 Å². The van der Waals surface area contributed by atoms with E-state index >= 15 is 0 Å². The molecular weight excluding hydrogens is 308 g/mol. The first kappa shape index (κ1) is 13.4. The molecule has 0 aliphatic carbocycles. The highest BCUT2D eigenvalue weighted by atomic mass is 35.5. The van der Waals surface area contributed by atoms with Gasteiger partial charge in [-0.05, 0) is 12.1 Å². The minimum absolute atomic E-state index is 0.113. The SMILES string of the molecule is OCC1(CSc2nnc(-c3ccc(Cl)s3)o2)COC1. The molecule has 0 spiro atoms. The highest BCUT2D eigenvalue weighted by molar-refractivity contribution is 7.99. The number of hydrogen-bond acceptors (Lipinski definition) is 7. The second kappa shape index (κ2) is 5.41. The molecule has 1 saturated heterocycles. The standard InChI is InChI=1S/C11H11ClN2O3S2/c12-8-2-1-7(19-8)9-13-14-10(17-9)18-6-11(3-15)4-16-5-11/h1-2,15H,3-6H2. The summed E-state index contributed by atoms with van der Waals surface area (Å²) in [7, 11) is 0. The molecule has 0 bridgehead atoms. The Hall–Kier alpha value is -0.600. The van der Waals surface area contributed by atoms with Crippen molar-refractivity contribution in [2.24, 2.45) is 5.41 Å². The summed E-state index contributed by atoms with van der Waals surface area (Å²) in [4.78, 5) is 0.855. The van der Waals surface area contributed by atoms with Gasteiger partial charge in [0.05, 0.1) is 29.0 Å². The molecule has 3 heterocycles. The molecule has 5 nitrogen and oxygen atoms in total. The maximum Gasteiger partial charge on any atom is 0.276 e. The number of rotatable bonds is 5. The zero-order valence-electron chi connectivity index (χ0n) is 9.84. The number of thioether (sulfide) groups is 1. The van der Waals surface area contributed by atoms with E-state index in [2.05, 4.69) is 10.2 Å². The molecule has 3 rings (SSSR count). The third-order valence-corrected chi connectivity index (χ3v) is 5.23. The molecule has 2 aromatic heterocycles. The van der Waals surface area contributed by atoms with Gasteiger partial charge in [0.25, 0.3) is 11.1 Å². The fraction of sp³-hybridized carbons (Fsp3) is 0.455. The van der Waals surface area contributed by atoms with E-state index in [-0.39, 0.29) is 12.0 Å². The van der Waals surface area contributed by atoms with Crippen molar-refractivity contribution < 1.29 is 14.3 Å². The molecule has 0 radical (unpaired) electrons. The highest BCUT2D eigenvalue weighted by Gasteiger charge is 2.38. The zero-order valence-corrected chi connectivity index (χ0v) is 12.2. The fourth-order valence-electron chi connectivity index (χ4n) is 1.62. The molecule has 2 aromatic rings. The maximum atomic E-state index is 9.33. The number of aliphatic hydroxyl groups excluding tert-OH is 1. The van der Waals surface area contributed by atoms with Crippen LogP contribution >= 0.6 is 34.7 Å². The summed E-state index contributed by atoms with van der Waals surface area (Å²) in [5, 5.41) is 17.8. The smallest absolute Gasteiger partial charge is 0.276 e. The van der Waals surface area contributed by atoms with Gasteiger partial charge in [-0.1, -0.05) is 23.4 Å². The van der Waals surface area contributed by atoms with Crippen LogP contribution in [0.2, 0.25) is 4.34 Å². The van der Waals surface area contributed by atoms with Gasteiger partial charge in [-0.2, -0.15) is 0 Å². The number of hydrogen-bond donors (Lipinski definition) is 1. The predicted molar refractivity (Wildman–Crippen MR) is 73.7 cm³/mol. The van der Waals surface area contributed by atoms with Crippen LogP contribution in [0.15, 0.2) is 21.8 Å². The van der Waals surface area contributed by atoms with Gasteiger partial charge in [-0.3, -0.25) is 0 Å². The largest absolute Gasteiger partial charge is 0.410 e. The molecular formula is C11H11ClN2O3S2. The summed E-state index contributed by atoms with van der Waals surface area (Å²) in [6.07, 6.45) is 0. The first-order chi connectivity index (χ1) is 9.21. The quantitative estimate of drug-likeness (QED) is 0.854. The number of aliphatic hydroxyl groups is 1. The van der Waals surface area contributed by atoms with Crippen LogP contribution in [0.25, 0.3) is 10.8 Å². The number of aromatic nitrogens is 2. The Balaban J connectivity index is 1.65. The van der Waals surface area contributed by atoms with Crippen molar-refractivity contribution >= 4 is 34.7 Å². The minimum Gasteiger partial charge on any atom is -0.410 e. The Labute approximate surface area is 122 Å². The maximum absolute atomic E-state index is 9.33. The van der Waals surface area contributed by atoms with Crippen LogP contribution in [0.1, 0.15) is 0 Å². The Kier molecular flexibility index (Phi) is 3.81. The van der Waals surface area contributed by atoms with Crippen molar-refractivity contribution in [3.8, 4) is 10.8 Å². The molecule has 1 N–H and O–H groups in total. The van der Waals surface area contributed by atoms with E-state index in [1.165, 1.54) is 23.1 Å². The minimum atomic E-state index is -0.161. The van der Waals surface area contributed by atoms with Crippen molar-refractivity contribution in [3.63, 3.8) is 0 Å². The predicted octanol–water partition coefficient (Wildman–Crippen LogP) is 2.55. The molecule has 1 aliphatic heterocycles. The molecule has 0 atom stereocenters. The van der Waals surface area contributed by atoms with Crippen LogP contribution in [-0.2, 0) is 4.74 Å². The van der Waals surface area contributed by atoms with E-state index in [9.17, 15) is 5.11 Å². The van der Waals surface area contributed by atoms with Crippen LogP contribution in [0, 0.1) is 5.41 Å². The lowest BCUT2D eigenvalue weighted by molar-refractivity contribution is -0.121. The molecule has 0 aromatic carbocycles. The molecule has 0 saturated carbocycles. The number of thiophene rings is 1. The topological polar surface area (TPSA) is 68.4 Å². The lowest BCUT2D eigenvalue weighted by Crippen LogP contribution is -2.47. The van der Waals surface area contributed by atoms with E-state index in [1.807, 2.05) is 6.07 Å². The Bertz CT molecular complexity index is 562. The summed E-state index contributed by atoms with van der Waals surface area (Å²) < 4.78 is 11.4. The summed E-state index contributed by atoms with van der Waals surface area (Å²) >= 11 is 8.70. The Morgan fingerprint density at radius 2 is 2.26 bits per heavy atom. The second-order valence-corrected chi connectivity index (χ2v) is 7.06. The molecule has 102 valence electrons. The summed E-state index contributed by atoms with van der Waals surface area (Å²) in [6.45, 7) is 1.28. The van der Waals surface area contributed by atoms with Gasteiger partial charge in [-0.25, -0.2) is 0 Å². The van der Waals surface area contributed by atoms with Gasteiger partial charge in [0.15, 0.2) is 0 Å². The molecule has 8 heteroatoms. The van der Waals surface area contributed by atoms with E-state index in [0.29, 0.717) is 34.4 Å². The lowest BCUT2D eigenvalue weighted by atomic mass is 9.90. The van der Waals surface area contributed by atoms with Gasteiger partial charge in [0, 0.05) is 11.2 Å². The normalized spacial score (nSPS) is 17.4. The third kappa shape index (κ3) is 2.80. The van der Waals surface area contributed by atoms with Gasteiger partial charge in [0.2, 0.25) is 0 Å². The van der Waals surface area contributed by atoms with Gasteiger partial charge in [0.1, 0.15) is 0 Å². The average molecular weight is 319 g/mol. The Morgan fingerprint density at radius 1 is 1.42 bits per heavy atom. The van der Waals surface area contributed by atoms with Crippen molar-refractivity contribution in [1.29, 1.82) is 0 Å². The van der Waals surface area contributed by atoms with Crippen molar-refractivity contribution in [2.45, 2.75) is 5.22 Å². The second-order valence-electron chi connectivity index (χ2n) is 4.42. The fourth-order valence-corrected chi connectivity index (χ4v) is 3.51. The molecule has 19 heavy (non-hydrogen) atoms. The first-order valence-electron chi connectivity index (χ1n) is 5.61. The van der Waals surface area contributed by atoms with Crippen LogP contribution in [0.3, 0.4) is 0 Å². The van der Waals surface area contributed by atoms with Crippen molar-refractivity contribution in [2.75, 3.05) is 25.6 Å². The summed E-state index contributed by atoms with van der Waals surface area (Å²) in [6, 6.07) is 3.65. The number of halogens is 1. The highest BCUT2D eigenvalue weighted by Crippen LogP contribution is 2.35. The van der Waals surface area contributed by atoms with E-state index < -0.39 is 0 Å². The van der Waals surface area contributed by atoms with Gasteiger partial charge in [-0.15, -0.1) is 21.5 Å². The van der Waals surface area contributed by atoms with Crippen LogP contribution in [0.5, 0.6) is 0 Å². The Morgan fingerprint density at radius 3 is 2.84 bits per heavy atom. The lowest BCUT2D eigenvalue weighted by Gasteiger charge is -2.39. The first-order valence-corrected chi connectivity index (χ1v) is 7.79. The molecule has 1 aliphatic rings. The average Bonchev–Trinajstić information content (AvgIpc) is 2.97. The monoisotopic (exact) mass is 318 g/mol. The number of nitrogens with zero attached hydrogens (tertiary/aromatic N) is 2. The van der Waals surface area contributed by atoms with Gasteiger partial charge >= 0.3 is 0 Å². The van der Waals surface area contributed by atoms with Crippen LogP contribution < -0.4 is 0 Å². The molecule has 1 fully saturated rings. The summed E-state index contributed by atoms with van der Waals surface area (Å²) in [5.74, 6) is 1.18. The summed E-state index contributed by atoms with van der Waals surface area (Å²) in [5.41, 5.74) is -0.161. The third-order valence-electron chi connectivity index (χ3n) is 2.84. The van der Waals surface area contributed by atoms with Crippen molar-refractivity contribution in [3.05, 3.63) is 16.5 Å². The van der Waals surface area contributed by atoms with E-state index in [1.54, 1.807) is 6.07 Å². The van der Waals surface area contributed by atoms with Crippen LogP contribution in [0.4, 0.5) is 0 Å². The number of ether oxygens (including phenoxy) is 1. The van der Waals surface area contributed by atoms with Crippen molar-refractivity contribution in [1.82, 2.24) is 10.2 Å². The zero-order chi connectivity index (χ0) is 13.3. The molecule has 0 unspecified atom stereocenters.